The van der Waals surface area contributed by atoms with E-state index in [9.17, 15) is 9.90 Å². The van der Waals surface area contributed by atoms with Gasteiger partial charge in [-0.3, -0.25) is 4.79 Å². The van der Waals surface area contributed by atoms with Crippen LogP contribution in [-0.4, -0.2) is 28.1 Å². The number of fused-ring (bicyclic) bond motifs is 1. The monoisotopic (exact) mass is 346 g/mol. The van der Waals surface area contributed by atoms with E-state index in [1.807, 2.05) is 36.4 Å². The molecule has 23 heavy (non-hydrogen) atoms. The molecule has 1 aliphatic rings. The molecule has 6 heteroatoms. The molecular formula is C17H15ClN2O2S. The van der Waals surface area contributed by atoms with E-state index < -0.39 is 11.5 Å². The third kappa shape index (κ3) is 2.56. The van der Waals surface area contributed by atoms with Gasteiger partial charge in [-0.25, -0.2) is 0 Å². The number of carbonyl (C=O) groups is 1. The van der Waals surface area contributed by atoms with Crippen molar-refractivity contribution in [1.29, 1.82) is 0 Å². The van der Waals surface area contributed by atoms with E-state index in [1.165, 1.54) is 0 Å². The van der Waals surface area contributed by atoms with Crippen LogP contribution in [0.4, 0.5) is 5.69 Å². The zero-order valence-corrected chi connectivity index (χ0v) is 14.0. The van der Waals surface area contributed by atoms with Crippen molar-refractivity contribution >= 4 is 40.6 Å². The standard InChI is InChI=1S/C17H15ClN2O2S/c1-20-16(23)19-14-8-7-12(18)9-13(14)17(20,10-15(21)22)11-5-3-2-4-6-11/h2-9H,10H2,1H3,(H,19,23)(H,21,22). The molecule has 2 aromatic rings. The molecule has 4 nitrogen and oxygen atoms in total. The number of rotatable bonds is 3. The number of aliphatic carboxylic acids is 1. The van der Waals surface area contributed by atoms with E-state index in [1.54, 1.807) is 24.1 Å². The molecule has 118 valence electrons. The Kier molecular flexibility index (Phi) is 4.00. The van der Waals surface area contributed by atoms with Crippen LogP contribution in [0.3, 0.4) is 0 Å². The molecule has 1 heterocycles. The van der Waals surface area contributed by atoms with Gasteiger partial charge in [-0.05, 0) is 36.0 Å². The van der Waals surface area contributed by atoms with Gasteiger partial charge in [0.15, 0.2) is 5.11 Å². The van der Waals surface area contributed by atoms with Gasteiger partial charge in [0, 0.05) is 23.3 Å². The molecule has 0 aromatic heterocycles. The molecule has 0 saturated heterocycles. The zero-order chi connectivity index (χ0) is 16.6. The Hall–Kier alpha value is -2.11. The third-order valence-electron chi connectivity index (χ3n) is 4.20. The summed E-state index contributed by atoms with van der Waals surface area (Å²) in [4.78, 5) is 13.5. The Morgan fingerprint density at radius 3 is 2.65 bits per heavy atom. The van der Waals surface area contributed by atoms with Gasteiger partial charge in [0.2, 0.25) is 0 Å². The minimum atomic E-state index is -0.907. The Bertz CT molecular complexity index is 781. The van der Waals surface area contributed by atoms with Crippen LogP contribution in [0.5, 0.6) is 0 Å². The summed E-state index contributed by atoms with van der Waals surface area (Å²) < 4.78 is 0. The minimum Gasteiger partial charge on any atom is -0.481 e. The van der Waals surface area contributed by atoms with Crippen molar-refractivity contribution < 1.29 is 9.90 Å². The van der Waals surface area contributed by atoms with Gasteiger partial charge in [0.25, 0.3) is 0 Å². The maximum atomic E-state index is 11.7. The summed E-state index contributed by atoms with van der Waals surface area (Å²) in [5.41, 5.74) is 1.53. The summed E-state index contributed by atoms with van der Waals surface area (Å²) in [7, 11) is 1.80. The van der Waals surface area contributed by atoms with Crippen molar-refractivity contribution in [2.24, 2.45) is 0 Å². The first kappa shape index (κ1) is 15.8. The summed E-state index contributed by atoms with van der Waals surface area (Å²) in [6.45, 7) is 0. The second-order valence-corrected chi connectivity index (χ2v) is 6.30. The van der Waals surface area contributed by atoms with Gasteiger partial charge in [0.1, 0.15) is 5.54 Å². The van der Waals surface area contributed by atoms with E-state index >= 15 is 0 Å². The summed E-state index contributed by atoms with van der Waals surface area (Å²) in [5, 5.41) is 13.7. The number of carboxylic acid groups (broad SMARTS) is 1. The fraction of sp³-hybridized carbons (Fsp3) is 0.176. The topological polar surface area (TPSA) is 52.6 Å². The van der Waals surface area contributed by atoms with Crippen LogP contribution in [0.15, 0.2) is 48.5 Å². The van der Waals surface area contributed by atoms with E-state index in [0.29, 0.717) is 10.1 Å². The lowest BCUT2D eigenvalue weighted by Gasteiger charge is -2.47. The number of thiocarbonyl (C=S) groups is 1. The van der Waals surface area contributed by atoms with Crippen molar-refractivity contribution in [3.05, 3.63) is 64.7 Å². The normalized spacial score (nSPS) is 19.9. The molecule has 1 atom stereocenters. The van der Waals surface area contributed by atoms with Gasteiger partial charge < -0.3 is 15.3 Å². The van der Waals surface area contributed by atoms with E-state index in [0.717, 1.165) is 16.8 Å². The highest BCUT2D eigenvalue weighted by Crippen LogP contribution is 2.45. The molecule has 2 aromatic carbocycles. The Morgan fingerprint density at radius 1 is 1.30 bits per heavy atom. The van der Waals surface area contributed by atoms with E-state index in [4.69, 9.17) is 23.8 Å². The van der Waals surface area contributed by atoms with Crippen LogP contribution in [0.1, 0.15) is 17.5 Å². The second-order valence-electron chi connectivity index (χ2n) is 5.48. The van der Waals surface area contributed by atoms with Crippen molar-refractivity contribution in [2.75, 3.05) is 12.4 Å². The quantitative estimate of drug-likeness (QED) is 0.830. The smallest absolute Gasteiger partial charge is 0.306 e. The van der Waals surface area contributed by atoms with Gasteiger partial charge in [-0.2, -0.15) is 0 Å². The SMILES string of the molecule is CN1C(=S)Nc2ccc(Cl)cc2C1(CC(=O)O)c1ccccc1. The number of anilines is 1. The number of hydrogen-bond donors (Lipinski definition) is 2. The average molecular weight is 347 g/mol. The first-order valence-corrected chi connectivity index (χ1v) is 7.86. The van der Waals surface area contributed by atoms with Crippen molar-refractivity contribution in [2.45, 2.75) is 12.0 Å². The van der Waals surface area contributed by atoms with Gasteiger partial charge in [-0.1, -0.05) is 41.9 Å². The Morgan fingerprint density at radius 2 is 2.00 bits per heavy atom. The summed E-state index contributed by atoms with van der Waals surface area (Å²) in [6.07, 6.45) is -0.122. The highest BCUT2D eigenvalue weighted by Gasteiger charge is 2.46. The molecule has 1 unspecified atom stereocenters. The van der Waals surface area contributed by atoms with E-state index in [2.05, 4.69) is 5.32 Å². The molecule has 0 bridgehead atoms. The molecule has 0 spiro atoms. The molecular weight excluding hydrogens is 332 g/mol. The van der Waals surface area contributed by atoms with Gasteiger partial charge in [-0.15, -0.1) is 0 Å². The molecule has 0 saturated carbocycles. The molecule has 1 aliphatic heterocycles. The van der Waals surface area contributed by atoms with E-state index in [-0.39, 0.29) is 6.42 Å². The predicted molar refractivity (Wildman–Crippen MR) is 94.9 cm³/mol. The molecule has 3 rings (SSSR count). The van der Waals surface area contributed by atoms with Crippen LogP contribution < -0.4 is 5.32 Å². The second kappa shape index (κ2) is 5.83. The first-order valence-electron chi connectivity index (χ1n) is 7.07. The van der Waals surface area contributed by atoms with Crippen LogP contribution in [0.2, 0.25) is 5.02 Å². The highest BCUT2D eigenvalue weighted by atomic mass is 35.5. The van der Waals surface area contributed by atoms with Crippen LogP contribution in [0.25, 0.3) is 0 Å². The number of carboxylic acids is 1. The van der Waals surface area contributed by atoms with Crippen molar-refractivity contribution in [1.82, 2.24) is 4.90 Å². The predicted octanol–water partition coefficient (Wildman–Crippen LogP) is 3.70. The Balaban J connectivity index is 2.35. The van der Waals surface area contributed by atoms with Crippen LogP contribution in [-0.2, 0) is 10.3 Å². The largest absolute Gasteiger partial charge is 0.481 e. The van der Waals surface area contributed by atoms with Crippen LogP contribution in [0, 0.1) is 0 Å². The average Bonchev–Trinajstić information content (AvgIpc) is 2.53. The number of benzene rings is 2. The number of nitrogens with one attached hydrogen (secondary N) is 1. The summed E-state index contributed by atoms with van der Waals surface area (Å²) in [6, 6.07) is 14.9. The number of hydrogen-bond acceptors (Lipinski definition) is 2. The lowest BCUT2D eigenvalue weighted by molar-refractivity contribution is -0.139. The molecule has 2 N–H and O–H groups in total. The molecule has 0 amide bonds. The lowest BCUT2D eigenvalue weighted by atomic mass is 9.77. The molecule has 0 aliphatic carbocycles. The Labute approximate surface area is 144 Å². The maximum absolute atomic E-state index is 11.7. The summed E-state index contributed by atoms with van der Waals surface area (Å²) >= 11 is 11.6. The number of halogens is 1. The lowest BCUT2D eigenvalue weighted by Crippen LogP contribution is -2.54. The maximum Gasteiger partial charge on any atom is 0.306 e. The first-order chi connectivity index (χ1) is 10.9. The summed E-state index contributed by atoms with van der Waals surface area (Å²) in [5.74, 6) is -0.906. The fourth-order valence-electron chi connectivity index (χ4n) is 3.12. The van der Waals surface area contributed by atoms with Crippen molar-refractivity contribution in [3.8, 4) is 0 Å². The van der Waals surface area contributed by atoms with Gasteiger partial charge >= 0.3 is 5.97 Å². The number of nitrogens with zero attached hydrogens (tertiary/aromatic N) is 1. The third-order valence-corrected chi connectivity index (χ3v) is 4.82. The van der Waals surface area contributed by atoms with Crippen molar-refractivity contribution in [3.63, 3.8) is 0 Å². The highest BCUT2D eigenvalue weighted by molar-refractivity contribution is 7.80. The van der Waals surface area contributed by atoms with Crippen LogP contribution >= 0.6 is 23.8 Å². The zero-order valence-electron chi connectivity index (χ0n) is 12.4. The minimum absolute atomic E-state index is 0.122. The molecule has 0 fully saturated rings. The fourth-order valence-corrected chi connectivity index (χ4v) is 3.56. The van der Waals surface area contributed by atoms with Gasteiger partial charge in [0.05, 0.1) is 6.42 Å². The molecule has 0 radical (unpaired) electrons.